The van der Waals surface area contributed by atoms with Gasteiger partial charge in [0.05, 0.1) is 23.0 Å². The van der Waals surface area contributed by atoms with E-state index in [0.717, 1.165) is 27.8 Å². The number of aryl methyl sites for hydroxylation is 1. The molecule has 0 saturated heterocycles. The van der Waals surface area contributed by atoms with Crippen LogP contribution in [0.2, 0.25) is 5.02 Å². The van der Waals surface area contributed by atoms with Crippen molar-refractivity contribution >= 4 is 33.2 Å². The SMILES string of the molecule is Cc1ccc([C@@H](C)NC(=O)CN(c2ccc(F)c(Cl)c2)S(C)(=O)=O)cc1. The third kappa shape index (κ3) is 5.19. The summed E-state index contributed by atoms with van der Waals surface area (Å²) in [5.74, 6) is -1.15. The molecular weight excluding hydrogens is 379 g/mol. The molecule has 8 heteroatoms. The molecule has 2 rings (SSSR count). The number of sulfonamides is 1. The van der Waals surface area contributed by atoms with E-state index in [2.05, 4.69) is 5.32 Å². The highest BCUT2D eigenvalue weighted by Gasteiger charge is 2.22. The summed E-state index contributed by atoms with van der Waals surface area (Å²) in [5, 5.41) is 2.54. The Labute approximate surface area is 157 Å². The summed E-state index contributed by atoms with van der Waals surface area (Å²) < 4.78 is 38.3. The van der Waals surface area contributed by atoms with Crippen LogP contribution in [0.15, 0.2) is 42.5 Å². The highest BCUT2D eigenvalue weighted by molar-refractivity contribution is 7.92. The minimum atomic E-state index is -3.76. The van der Waals surface area contributed by atoms with Gasteiger partial charge in [-0.2, -0.15) is 0 Å². The summed E-state index contributed by atoms with van der Waals surface area (Å²) in [5.41, 5.74) is 2.13. The van der Waals surface area contributed by atoms with E-state index in [1.807, 2.05) is 38.1 Å². The molecule has 1 amide bonds. The van der Waals surface area contributed by atoms with Crippen LogP contribution >= 0.6 is 11.6 Å². The molecule has 0 fully saturated rings. The normalized spacial score (nSPS) is 12.5. The first-order valence-corrected chi connectivity index (χ1v) is 10.1. The molecule has 1 atom stereocenters. The minimum Gasteiger partial charge on any atom is -0.348 e. The molecule has 26 heavy (non-hydrogen) atoms. The predicted molar refractivity (Wildman–Crippen MR) is 101 cm³/mol. The van der Waals surface area contributed by atoms with Crippen molar-refractivity contribution < 1.29 is 17.6 Å². The summed E-state index contributed by atoms with van der Waals surface area (Å²) in [6, 6.07) is 10.9. The third-order valence-electron chi connectivity index (χ3n) is 3.83. The van der Waals surface area contributed by atoms with Crippen LogP contribution in [0.5, 0.6) is 0 Å². The number of rotatable bonds is 6. The zero-order valence-corrected chi connectivity index (χ0v) is 16.2. The molecular formula is C18H20ClFN2O3S. The standard InChI is InChI=1S/C18H20ClFN2O3S/c1-12-4-6-14(7-5-12)13(2)21-18(23)11-22(26(3,24)25)15-8-9-17(20)16(19)10-15/h4-10,13H,11H2,1-3H3,(H,21,23)/t13-/m1/s1. The fraction of sp³-hybridized carbons (Fsp3) is 0.278. The molecule has 0 aromatic heterocycles. The Balaban J connectivity index is 2.16. The van der Waals surface area contributed by atoms with Crippen LogP contribution < -0.4 is 9.62 Å². The van der Waals surface area contributed by atoms with Crippen molar-refractivity contribution in [3.05, 3.63) is 64.4 Å². The van der Waals surface area contributed by atoms with Gasteiger partial charge >= 0.3 is 0 Å². The molecule has 5 nitrogen and oxygen atoms in total. The lowest BCUT2D eigenvalue weighted by Crippen LogP contribution is -2.41. The molecule has 1 N–H and O–H groups in total. The Bertz CT molecular complexity index is 901. The minimum absolute atomic E-state index is 0.122. The topological polar surface area (TPSA) is 66.5 Å². The van der Waals surface area contributed by atoms with Gasteiger partial charge in [0.25, 0.3) is 0 Å². The second kappa shape index (κ2) is 8.05. The molecule has 0 unspecified atom stereocenters. The number of carbonyl (C=O) groups excluding carboxylic acids is 1. The maximum absolute atomic E-state index is 13.3. The maximum atomic E-state index is 13.3. The van der Waals surface area contributed by atoms with Crippen molar-refractivity contribution in [1.82, 2.24) is 5.32 Å². The molecule has 0 radical (unpaired) electrons. The van der Waals surface area contributed by atoms with Gasteiger partial charge in [0, 0.05) is 0 Å². The fourth-order valence-corrected chi connectivity index (χ4v) is 3.42. The van der Waals surface area contributed by atoms with Crippen LogP contribution in [0.1, 0.15) is 24.1 Å². The molecule has 0 aliphatic heterocycles. The monoisotopic (exact) mass is 398 g/mol. The lowest BCUT2D eigenvalue weighted by molar-refractivity contribution is -0.120. The lowest BCUT2D eigenvalue weighted by Gasteiger charge is -2.23. The van der Waals surface area contributed by atoms with E-state index in [4.69, 9.17) is 11.6 Å². The second-order valence-electron chi connectivity index (χ2n) is 6.07. The van der Waals surface area contributed by atoms with Crippen LogP contribution in [0.4, 0.5) is 10.1 Å². The molecule has 140 valence electrons. The van der Waals surface area contributed by atoms with E-state index in [1.165, 1.54) is 12.1 Å². The molecule has 0 heterocycles. The van der Waals surface area contributed by atoms with Gasteiger partial charge < -0.3 is 5.32 Å². The van der Waals surface area contributed by atoms with Gasteiger partial charge in [-0.15, -0.1) is 0 Å². The first-order valence-electron chi connectivity index (χ1n) is 7.86. The number of benzene rings is 2. The zero-order valence-electron chi connectivity index (χ0n) is 14.7. The Morgan fingerprint density at radius 1 is 1.23 bits per heavy atom. The molecule has 0 aliphatic rings. The van der Waals surface area contributed by atoms with Crippen LogP contribution in [0.25, 0.3) is 0 Å². The van der Waals surface area contributed by atoms with Crippen molar-refractivity contribution in [2.75, 3.05) is 17.1 Å². The highest BCUT2D eigenvalue weighted by atomic mass is 35.5. The zero-order chi connectivity index (χ0) is 19.5. The molecule has 2 aromatic rings. The number of hydrogen-bond acceptors (Lipinski definition) is 3. The van der Waals surface area contributed by atoms with Crippen molar-refractivity contribution in [2.24, 2.45) is 0 Å². The van der Waals surface area contributed by atoms with E-state index in [-0.39, 0.29) is 16.8 Å². The maximum Gasteiger partial charge on any atom is 0.241 e. The molecule has 0 spiro atoms. The number of amides is 1. The molecule has 2 aromatic carbocycles. The van der Waals surface area contributed by atoms with Crippen LogP contribution in [0, 0.1) is 12.7 Å². The highest BCUT2D eigenvalue weighted by Crippen LogP contribution is 2.24. The van der Waals surface area contributed by atoms with E-state index < -0.39 is 28.3 Å². The first-order chi connectivity index (χ1) is 12.1. The van der Waals surface area contributed by atoms with E-state index in [1.54, 1.807) is 0 Å². The van der Waals surface area contributed by atoms with Gasteiger partial charge in [-0.3, -0.25) is 9.10 Å². The summed E-state index contributed by atoms with van der Waals surface area (Å²) in [4.78, 5) is 12.4. The number of halogens is 2. The Kier molecular flexibility index (Phi) is 6.26. The summed E-state index contributed by atoms with van der Waals surface area (Å²) in [6.45, 7) is 3.34. The van der Waals surface area contributed by atoms with Gasteiger partial charge in [-0.1, -0.05) is 41.4 Å². The van der Waals surface area contributed by atoms with Crippen molar-refractivity contribution in [3.8, 4) is 0 Å². The van der Waals surface area contributed by atoms with Crippen LogP contribution in [-0.4, -0.2) is 27.1 Å². The van der Waals surface area contributed by atoms with E-state index in [0.29, 0.717) is 0 Å². The Hall–Kier alpha value is -2.12. The molecule has 0 bridgehead atoms. The lowest BCUT2D eigenvalue weighted by atomic mass is 10.1. The number of nitrogens with zero attached hydrogens (tertiary/aromatic N) is 1. The van der Waals surface area contributed by atoms with Crippen molar-refractivity contribution in [3.63, 3.8) is 0 Å². The molecule has 0 aliphatic carbocycles. The van der Waals surface area contributed by atoms with Crippen LogP contribution in [-0.2, 0) is 14.8 Å². The first kappa shape index (κ1) is 20.2. The van der Waals surface area contributed by atoms with Gasteiger partial charge in [-0.25, -0.2) is 12.8 Å². The Morgan fingerprint density at radius 2 is 1.85 bits per heavy atom. The molecule has 0 saturated carbocycles. The quantitative estimate of drug-likeness (QED) is 0.810. The summed E-state index contributed by atoms with van der Waals surface area (Å²) >= 11 is 5.72. The van der Waals surface area contributed by atoms with Crippen LogP contribution in [0.3, 0.4) is 0 Å². The number of hydrogen-bond donors (Lipinski definition) is 1. The Morgan fingerprint density at radius 3 is 2.38 bits per heavy atom. The second-order valence-corrected chi connectivity index (χ2v) is 8.38. The number of nitrogens with one attached hydrogen (secondary N) is 1. The number of anilines is 1. The predicted octanol–water partition coefficient (Wildman–Crippen LogP) is 3.43. The average Bonchev–Trinajstić information content (AvgIpc) is 2.55. The number of carbonyl (C=O) groups is 1. The van der Waals surface area contributed by atoms with Gasteiger partial charge in [0.1, 0.15) is 12.4 Å². The summed E-state index contributed by atoms with van der Waals surface area (Å²) in [6.07, 6.45) is 0.973. The van der Waals surface area contributed by atoms with Crippen molar-refractivity contribution in [2.45, 2.75) is 19.9 Å². The third-order valence-corrected chi connectivity index (χ3v) is 5.26. The summed E-state index contributed by atoms with van der Waals surface area (Å²) in [7, 11) is -3.76. The van der Waals surface area contributed by atoms with E-state index in [9.17, 15) is 17.6 Å². The van der Waals surface area contributed by atoms with Gasteiger partial charge in [-0.05, 0) is 37.6 Å². The van der Waals surface area contributed by atoms with E-state index >= 15 is 0 Å². The van der Waals surface area contributed by atoms with Gasteiger partial charge in [0.2, 0.25) is 15.9 Å². The van der Waals surface area contributed by atoms with Gasteiger partial charge in [0.15, 0.2) is 0 Å². The average molecular weight is 399 g/mol. The smallest absolute Gasteiger partial charge is 0.241 e. The fourth-order valence-electron chi connectivity index (χ4n) is 2.40. The van der Waals surface area contributed by atoms with Crippen molar-refractivity contribution in [1.29, 1.82) is 0 Å². The largest absolute Gasteiger partial charge is 0.348 e.